The lowest BCUT2D eigenvalue weighted by Gasteiger charge is -2.52. The van der Waals surface area contributed by atoms with Crippen LogP contribution in [0, 0.1) is 5.41 Å². The van der Waals surface area contributed by atoms with Crippen molar-refractivity contribution in [1.29, 1.82) is 0 Å². The van der Waals surface area contributed by atoms with Crippen molar-refractivity contribution in [3.05, 3.63) is 96.2 Å². The average molecular weight is 505 g/mol. The van der Waals surface area contributed by atoms with Gasteiger partial charge in [0.15, 0.2) is 28.8 Å². The van der Waals surface area contributed by atoms with Gasteiger partial charge in [-0.3, -0.25) is 4.94 Å². The predicted molar refractivity (Wildman–Crippen MR) is 124 cm³/mol. The first-order valence-corrected chi connectivity index (χ1v) is 10.4. The Balaban J connectivity index is 1.81. The Bertz CT molecular complexity index is 817. The first kappa shape index (κ1) is 21.4. The third kappa shape index (κ3) is 5.41. The maximum atomic E-state index is 12.4. The van der Waals surface area contributed by atoms with Gasteiger partial charge in [0.2, 0.25) is 0 Å². The zero-order valence-electron chi connectivity index (χ0n) is 16.5. The van der Waals surface area contributed by atoms with Crippen LogP contribution in [-0.2, 0) is 12.8 Å². The normalized spacial score (nSPS) is 15.8. The highest BCUT2D eigenvalue weighted by molar-refractivity contribution is 14.1. The van der Waals surface area contributed by atoms with E-state index >= 15 is 0 Å². The van der Waals surface area contributed by atoms with Gasteiger partial charge in [-0.2, -0.15) is 0 Å². The molecule has 152 valence electrons. The largest absolute Gasteiger partial charge is 0.428 e. The van der Waals surface area contributed by atoms with Crippen molar-refractivity contribution in [2.24, 2.45) is 5.41 Å². The summed E-state index contributed by atoms with van der Waals surface area (Å²) in [5, 5.41) is 0. The summed E-state index contributed by atoms with van der Waals surface area (Å²) >= 11 is 1.89. The van der Waals surface area contributed by atoms with Gasteiger partial charge in [-0.1, -0.05) is 43.0 Å². The van der Waals surface area contributed by atoms with Crippen LogP contribution in [0.1, 0.15) is 18.1 Å². The van der Waals surface area contributed by atoms with Crippen molar-refractivity contribution < 1.29 is 12.5 Å². The molecule has 1 heterocycles. The molecule has 0 atom stereocenters. The van der Waals surface area contributed by atoms with Crippen molar-refractivity contribution in [2.45, 2.75) is 19.8 Å². The number of hydrogen-bond donors (Lipinski definition) is 0. The molecular weight excluding hydrogens is 480 g/mol. The summed E-state index contributed by atoms with van der Waals surface area (Å²) in [5.41, 5.74) is 3.74. The molecule has 0 N–H and O–H groups in total. The second-order valence-electron chi connectivity index (χ2n) is 7.48. The summed E-state index contributed by atoms with van der Waals surface area (Å²) in [6.07, 6.45) is 9.92. The Kier molecular flexibility index (Phi) is 7.36. The van der Waals surface area contributed by atoms with Crippen LogP contribution in [0.5, 0.6) is 11.5 Å². The van der Waals surface area contributed by atoms with E-state index in [1.165, 1.54) is 16.8 Å². The molecule has 0 unspecified atom stereocenters. The fourth-order valence-corrected chi connectivity index (χ4v) is 4.27. The molecule has 0 spiro atoms. The molecule has 0 amide bonds. The Hall–Kier alpha value is -2.28. The molecular formula is C24H25FINO2. The highest BCUT2D eigenvalue weighted by atomic mass is 127. The third-order valence-electron chi connectivity index (χ3n) is 5.23. The minimum absolute atomic E-state index is 0.104. The molecule has 2 aromatic carbocycles. The van der Waals surface area contributed by atoms with Crippen molar-refractivity contribution >= 4 is 23.0 Å². The zero-order valence-corrected chi connectivity index (χ0v) is 18.6. The molecule has 0 aromatic heterocycles. The minimum atomic E-state index is 0.104. The number of rotatable bonds is 9. The van der Waals surface area contributed by atoms with Crippen molar-refractivity contribution in [3.63, 3.8) is 0 Å². The van der Waals surface area contributed by atoms with E-state index in [2.05, 4.69) is 34.6 Å². The van der Waals surface area contributed by atoms with Crippen LogP contribution in [0.15, 0.2) is 85.1 Å². The second kappa shape index (κ2) is 9.96. The smallest absolute Gasteiger partial charge is 0.192 e. The summed E-state index contributed by atoms with van der Waals surface area (Å²) in [7, 11) is 0. The molecule has 3 nitrogen and oxygen atoms in total. The Morgan fingerprint density at radius 2 is 1.62 bits per heavy atom. The molecule has 0 aliphatic carbocycles. The van der Waals surface area contributed by atoms with E-state index in [1.54, 1.807) is 12.1 Å². The number of likely N-dealkylation sites (tertiary alicyclic amines) is 1. The predicted octanol–water partition coefficient (Wildman–Crippen LogP) is 6.41. The minimum Gasteiger partial charge on any atom is -0.428 e. The molecule has 29 heavy (non-hydrogen) atoms. The lowest BCUT2D eigenvalue weighted by atomic mass is 9.70. The number of benzene rings is 2. The fourth-order valence-electron chi connectivity index (χ4n) is 3.97. The third-order valence-corrected chi connectivity index (χ3v) is 5.74. The van der Waals surface area contributed by atoms with Crippen molar-refractivity contribution in [2.75, 3.05) is 13.1 Å². The maximum Gasteiger partial charge on any atom is 0.192 e. The highest BCUT2D eigenvalue weighted by Gasteiger charge is 2.43. The second-order valence-corrected chi connectivity index (χ2v) is 7.92. The van der Waals surface area contributed by atoms with Crippen molar-refractivity contribution in [3.8, 4) is 11.5 Å². The summed E-state index contributed by atoms with van der Waals surface area (Å²) in [5.74, 6) is 1.08. The molecule has 1 fully saturated rings. The van der Waals surface area contributed by atoms with Crippen LogP contribution in [0.2, 0.25) is 0 Å². The fraction of sp³-hybridized carbons (Fsp3) is 0.250. The monoisotopic (exact) mass is 505 g/mol. The summed E-state index contributed by atoms with van der Waals surface area (Å²) in [4.78, 5) is 6.19. The number of halogens is 2. The van der Waals surface area contributed by atoms with Gasteiger partial charge >= 0.3 is 0 Å². The number of hydrogen-bond acceptors (Lipinski definition) is 3. The van der Waals surface area contributed by atoms with E-state index in [0.29, 0.717) is 0 Å². The Morgan fingerprint density at radius 3 is 2.07 bits per heavy atom. The standard InChI is InChI=1S/C24H25FINO2/c1-3-5-21(6-4-2)27-17-24(18-27,15-19-7-11-22(28-25)12-8-19)16-20-9-13-23(29-26)14-10-20/h3-14H,1,15-18H2,2H3/b6-4-,21-5+. The maximum absolute atomic E-state index is 12.4. The van der Waals surface area contributed by atoms with E-state index in [1.807, 2.05) is 72.4 Å². The molecule has 1 aliphatic heterocycles. The first-order chi connectivity index (χ1) is 14.1. The van der Waals surface area contributed by atoms with E-state index < -0.39 is 0 Å². The molecule has 0 bridgehead atoms. The lowest BCUT2D eigenvalue weighted by molar-refractivity contribution is -0.00628. The molecule has 5 heteroatoms. The molecule has 2 aromatic rings. The summed E-state index contributed by atoms with van der Waals surface area (Å²) < 4.78 is 17.6. The Morgan fingerprint density at radius 1 is 1.07 bits per heavy atom. The molecule has 3 rings (SSSR count). The zero-order chi connectivity index (χ0) is 20.7. The van der Waals surface area contributed by atoms with Crippen molar-refractivity contribution in [1.82, 2.24) is 4.90 Å². The van der Waals surface area contributed by atoms with E-state index in [4.69, 9.17) is 3.07 Å². The van der Waals surface area contributed by atoms with Crippen LogP contribution in [0.25, 0.3) is 0 Å². The number of nitrogens with zero attached hydrogens (tertiary/aromatic N) is 1. The molecule has 1 saturated heterocycles. The lowest BCUT2D eigenvalue weighted by Crippen LogP contribution is -2.57. The van der Waals surface area contributed by atoms with Crippen LogP contribution in [-0.4, -0.2) is 18.0 Å². The first-order valence-electron chi connectivity index (χ1n) is 9.57. The molecule has 0 saturated carbocycles. The Labute approximate surface area is 186 Å². The van der Waals surface area contributed by atoms with Gasteiger partial charge in [0, 0.05) is 28.7 Å². The van der Waals surface area contributed by atoms with Gasteiger partial charge in [-0.15, -0.1) is 0 Å². The van der Waals surface area contributed by atoms with Crippen LogP contribution < -0.4 is 8.01 Å². The van der Waals surface area contributed by atoms with Gasteiger partial charge < -0.3 is 7.97 Å². The molecule has 0 radical (unpaired) electrons. The quantitative estimate of drug-likeness (QED) is 0.290. The SMILES string of the molecule is C=C/C=C(\C=C/C)N1CC(Cc2ccc(OF)cc2)(Cc2ccc(OI)cc2)C1. The summed E-state index contributed by atoms with van der Waals surface area (Å²) in [6, 6.07) is 15.5. The van der Waals surface area contributed by atoms with Gasteiger partial charge in [0.25, 0.3) is 0 Å². The van der Waals surface area contributed by atoms with Gasteiger partial charge in [-0.05, 0) is 67.3 Å². The number of allylic oxidation sites excluding steroid dienone is 4. The highest BCUT2D eigenvalue weighted by Crippen LogP contribution is 2.40. The summed E-state index contributed by atoms with van der Waals surface area (Å²) in [6.45, 7) is 7.75. The van der Waals surface area contributed by atoms with E-state index in [0.717, 1.165) is 31.7 Å². The van der Waals surface area contributed by atoms with Crippen LogP contribution >= 0.6 is 23.0 Å². The van der Waals surface area contributed by atoms with E-state index in [9.17, 15) is 4.53 Å². The van der Waals surface area contributed by atoms with Gasteiger partial charge in [-0.25, -0.2) is 0 Å². The van der Waals surface area contributed by atoms with Crippen LogP contribution in [0.3, 0.4) is 0 Å². The molecule has 1 aliphatic rings. The van der Waals surface area contributed by atoms with E-state index in [-0.39, 0.29) is 11.2 Å². The van der Waals surface area contributed by atoms with Gasteiger partial charge in [0.05, 0.1) is 0 Å². The topological polar surface area (TPSA) is 21.7 Å². The van der Waals surface area contributed by atoms with Crippen LogP contribution in [0.4, 0.5) is 4.53 Å². The average Bonchev–Trinajstić information content (AvgIpc) is 2.72. The van der Waals surface area contributed by atoms with Gasteiger partial charge in [0.1, 0.15) is 5.75 Å².